The molecule has 116 valence electrons. The van der Waals surface area contributed by atoms with E-state index in [9.17, 15) is 19.3 Å². The number of aliphatic imine (C=N–C) groups is 1. The van der Waals surface area contributed by atoms with Crippen molar-refractivity contribution in [2.75, 3.05) is 20.3 Å². The van der Waals surface area contributed by atoms with Gasteiger partial charge in [0, 0.05) is 24.7 Å². The summed E-state index contributed by atoms with van der Waals surface area (Å²) in [6, 6.07) is 3.14. The third-order valence-electron chi connectivity index (χ3n) is 4.10. The molecule has 1 aromatic rings. The molecular weight excluding hydrogens is 295 g/mol. The first-order valence-corrected chi connectivity index (χ1v) is 6.52. The fourth-order valence-electron chi connectivity index (χ4n) is 2.87. The van der Waals surface area contributed by atoms with E-state index >= 15 is 0 Å². The first kappa shape index (κ1) is 14.4. The van der Waals surface area contributed by atoms with Crippen LogP contribution in [0.1, 0.15) is 5.56 Å². The second-order valence-electron chi connectivity index (χ2n) is 5.28. The van der Waals surface area contributed by atoms with Gasteiger partial charge in [0.25, 0.3) is 5.69 Å². The summed E-state index contributed by atoms with van der Waals surface area (Å²) in [4.78, 5) is 28.1. The zero-order valence-corrected chi connectivity index (χ0v) is 11.7. The van der Waals surface area contributed by atoms with Crippen LogP contribution in [-0.4, -0.2) is 42.0 Å². The van der Waals surface area contributed by atoms with Gasteiger partial charge in [0.1, 0.15) is 11.4 Å². The zero-order chi connectivity index (χ0) is 16.1. The van der Waals surface area contributed by atoms with Crippen LogP contribution < -0.4 is 5.73 Å². The predicted octanol–water partition coefficient (Wildman–Crippen LogP) is 0.362. The second kappa shape index (κ2) is 4.73. The summed E-state index contributed by atoms with van der Waals surface area (Å²) in [7, 11) is 1.47. The third kappa shape index (κ3) is 1.86. The van der Waals surface area contributed by atoms with Crippen molar-refractivity contribution in [2.45, 2.75) is 5.54 Å². The zero-order valence-electron chi connectivity index (χ0n) is 11.7. The van der Waals surface area contributed by atoms with E-state index in [1.165, 1.54) is 11.9 Å². The number of benzene rings is 1. The number of carbonyl (C=O) groups is 1. The molecule has 2 heterocycles. The molecule has 8 nitrogen and oxygen atoms in total. The molecule has 0 unspecified atom stereocenters. The molecule has 1 saturated heterocycles. The van der Waals surface area contributed by atoms with E-state index in [0.29, 0.717) is 0 Å². The lowest BCUT2D eigenvalue weighted by Crippen LogP contribution is -2.54. The van der Waals surface area contributed by atoms with Crippen LogP contribution in [0.4, 0.5) is 10.1 Å². The number of non-ortho nitro benzene ring substituents is 1. The summed E-state index contributed by atoms with van der Waals surface area (Å²) in [5.41, 5.74) is 4.05. The van der Waals surface area contributed by atoms with E-state index in [1.807, 2.05) is 0 Å². The minimum absolute atomic E-state index is 0.0476. The Labute approximate surface area is 124 Å². The number of fused-ring (bicyclic) bond motifs is 1. The van der Waals surface area contributed by atoms with Crippen molar-refractivity contribution in [1.29, 1.82) is 0 Å². The van der Waals surface area contributed by atoms with Gasteiger partial charge in [-0.05, 0) is 6.07 Å². The molecule has 3 rings (SSSR count). The van der Waals surface area contributed by atoms with Gasteiger partial charge in [0.05, 0.1) is 24.1 Å². The van der Waals surface area contributed by atoms with Gasteiger partial charge in [-0.1, -0.05) is 0 Å². The summed E-state index contributed by atoms with van der Waals surface area (Å²) in [6.45, 7) is -0.00187. The molecule has 22 heavy (non-hydrogen) atoms. The summed E-state index contributed by atoms with van der Waals surface area (Å²) in [5, 5.41) is 10.9. The molecule has 0 aliphatic carbocycles. The maximum absolute atomic E-state index is 14.3. The maximum Gasteiger partial charge on any atom is 0.270 e. The Kier molecular flexibility index (Phi) is 3.10. The lowest BCUT2D eigenvalue weighted by molar-refractivity contribution is -0.385. The van der Waals surface area contributed by atoms with Crippen molar-refractivity contribution >= 4 is 17.6 Å². The lowest BCUT2D eigenvalue weighted by atomic mass is 9.79. The highest BCUT2D eigenvalue weighted by Crippen LogP contribution is 2.44. The molecule has 1 fully saturated rings. The van der Waals surface area contributed by atoms with E-state index in [0.717, 1.165) is 18.2 Å². The number of hydrogen-bond acceptors (Lipinski definition) is 6. The Bertz CT molecular complexity index is 707. The van der Waals surface area contributed by atoms with E-state index in [1.54, 1.807) is 0 Å². The van der Waals surface area contributed by atoms with Crippen molar-refractivity contribution in [1.82, 2.24) is 4.90 Å². The van der Waals surface area contributed by atoms with E-state index in [2.05, 4.69) is 4.99 Å². The first-order chi connectivity index (χ1) is 10.4. The van der Waals surface area contributed by atoms with E-state index in [4.69, 9.17) is 10.5 Å². The van der Waals surface area contributed by atoms with Gasteiger partial charge >= 0.3 is 0 Å². The number of nitrogens with two attached hydrogens (primary N) is 1. The quantitative estimate of drug-likeness (QED) is 0.626. The van der Waals surface area contributed by atoms with Gasteiger partial charge in [-0.15, -0.1) is 0 Å². The molecule has 2 atom stereocenters. The van der Waals surface area contributed by atoms with Crippen molar-refractivity contribution in [2.24, 2.45) is 16.6 Å². The molecule has 2 aliphatic rings. The van der Waals surface area contributed by atoms with Gasteiger partial charge in [0.15, 0.2) is 5.96 Å². The molecule has 2 N–H and O–H groups in total. The highest BCUT2D eigenvalue weighted by molar-refractivity contribution is 6.00. The molecule has 0 spiro atoms. The Morgan fingerprint density at radius 3 is 3.00 bits per heavy atom. The van der Waals surface area contributed by atoms with Gasteiger partial charge in [-0.25, -0.2) is 9.38 Å². The number of ether oxygens (including phenoxy) is 1. The fraction of sp³-hybridized carbons (Fsp3) is 0.385. The molecule has 1 aromatic carbocycles. The highest BCUT2D eigenvalue weighted by Gasteiger charge is 2.55. The first-order valence-electron chi connectivity index (χ1n) is 6.52. The fourth-order valence-corrected chi connectivity index (χ4v) is 2.87. The maximum atomic E-state index is 14.3. The number of carbonyl (C=O) groups excluding carboxylic acids is 1. The van der Waals surface area contributed by atoms with Crippen LogP contribution in [0.2, 0.25) is 0 Å². The third-order valence-corrected chi connectivity index (χ3v) is 4.10. The number of hydrogen-bond donors (Lipinski definition) is 1. The van der Waals surface area contributed by atoms with Crippen LogP contribution in [0.15, 0.2) is 23.2 Å². The average Bonchev–Trinajstić information content (AvgIpc) is 2.89. The molecular formula is C13H13FN4O4. The van der Waals surface area contributed by atoms with Crippen molar-refractivity contribution in [3.8, 4) is 0 Å². The number of halogens is 1. The van der Waals surface area contributed by atoms with Crippen LogP contribution in [-0.2, 0) is 15.1 Å². The SMILES string of the molecule is CN1C(=O)[C@@H]2COC[C@]2(c2cc([N+](=O)[O-])ccc2F)N=C1N. The van der Waals surface area contributed by atoms with Gasteiger partial charge in [-0.2, -0.15) is 0 Å². The van der Waals surface area contributed by atoms with Gasteiger partial charge in [-0.3, -0.25) is 19.8 Å². The number of nitrogens with zero attached hydrogens (tertiary/aromatic N) is 3. The minimum atomic E-state index is -1.36. The smallest absolute Gasteiger partial charge is 0.270 e. The Balaban J connectivity index is 2.22. The topological polar surface area (TPSA) is 111 Å². The Morgan fingerprint density at radius 2 is 2.32 bits per heavy atom. The van der Waals surface area contributed by atoms with Gasteiger partial charge < -0.3 is 10.5 Å². The number of amides is 1. The predicted molar refractivity (Wildman–Crippen MR) is 73.4 cm³/mol. The summed E-state index contributed by atoms with van der Waals surface area (Å²) >= 11 is 0. The summed E-state index contributed by atoms with van der Waals surface area (Å²) < 4.78 is 19.6. The molecule has 0 radical (unpaired) electrons. The van der Waals surface area contributed by atoms with Crippen LogP contribution in [0.25, 0.3) is 0 Å². The molecule has 0 saturated carbocycles. The van der Waals surface area contributed by atoms with Crippen LogP contribution >= 0.6 is 0 Å². The molecule has 1 amide bonds. The minimum Gasteiger partial charge on any atom is -0.378 e. The summed E-state index contributed by atoms with van der Waals surface area (Å²) in [6.07, 6.45) is 0. The molecule has 9 heteroatoms. The normalized spacial score (nSPS) is 27.5. The number of nitro groups is 1. The van der Waals surface area contributed by atoms with Crippen LogP contribution in [0.3, 0.4) is 0 Å². The van der Waals surface area contributed by atoms with E-state index < -0.39 is 22.2 Å². The standard InChI is InChI=1S/C13H13FN4O4/c1-17-11(19)9-5-22-6-13(9,16-12(17)15)8-4-7(18(20)21)2-3-10(8)14/h2-4,9H,5-6H2,1H3,(H2,15,16)/t9-,13+/m0/s1. The van der Waals surface area contributed by atoms with Crippen molar-refractivity contribution in [3.05, 3.63) is 39.7 Å². The summed E-state index contributed by atoms with van der Waals surface area (Å²) in [5.74, 6) is -1.87. The Morgan fingerprint density at radius 1 is 1.59 bits per heavy atom. The number of rotatable bonds is 2. The number of nitro benzene ring substituents is 1. The number of guanidine groups is 1. The molecule has 2 aliphatic heterocycles. The average molecular weight is 308 g/mol. The van der Waals surface area contributed by atoms with Crippen LogP contribution in [0.5, 0.6) is 0 Å². The van der Waals surface area contributed by atoms with E-state index in [-0.39, 0.29) is 36.3 Å². The largest absolute Gasteiger partial charge is 0.378 e. The lowest BCUT2D eigenvalue weighted by Gasteiger charge is -2.37. The molecule has 0 bridgehead atoms. The highest BCUT2D eigenvalue weighted by atomic mass is 19.1. The monoisotopic (exact) mass is 308 g/mol. The van der Waals surface area contributed by atoms with Crippen molar-refractivity contribution in [3.63, 3.8) is 0 Å². The van der Waals surface area contributed by atoms with Crippen LogP contribution in [0, 0.1) is 21.8 Å². The van der Waals surface area contributed by atoms with Gasteiger partial charge in [0.2, 0.25) is 5.91 Å². The second-order valence-corrected chi connectivity index (χ2v) is 5.28. The van der Waals surface area contributed by atoms with Crippen molar-refractivity contribution < 1.29 is 18.8 Å². The Hall–Kier alpha value is -2.55. The molecule has 0 aromatic heterocycles.